The van der Waals surface area contributed by atoms with E-state index in [-0.39, 0.29) is 18.3 Å². The maximum atomic E-state index is 12.2. The Balaban J connectivity index is 0.00000220. The number of benzene rings is 1. The molecule has 2 N–H and O–H groups in total. The van der Waals surface area contributed by atoms with Crippen molar-refractivity contribution >= 4 is 39.7 Å². The second-order valence-corrected chi connectivity index (χ2v) is 6.60. The molecule has 116 valence electrons. The van der Waals surface area contributed by atoms with Crippen molar-refractivity contribution in [2.24, 2.45) is 11.7 Å². The second kappa shape index (κ2) is 7.78. The van der Waals surface area contributed by atoms with Gasteiger partial charge >= 0.3 is 0 Å². The van der Waals surface area contributed by atoms with Crippen LogP contribution in [-0.4, -0.2) is 23.9 Å². The van der Waals surface area contributed by atoms with Gasteiger partial charge < -0.3 is 10.6 Å². The molecule has 0 unspecified atom stereocenters. The van der Waals surface area contributed by atoms with Crippen LogP contribution in [0, 0.1) is 5.92 Å². The lowest BCUT2D eigenvalue weighted by molar-refractivity contribution is -0.132. The monoisotopic (exact) mass is 326 g/mol. The predicted octanol–water partition coefficient (Wildman–Crippen LogP) is 3.65. The molecular formula is C16H23ClN2OS. The number of halogens is 1. The molecule has 2 aromatic rings. The molecule has 0 aliphatic rings. The van der Waals surface area contributed by atoms with Crippen molar-refractivity contribution in [1.29, 1.82) is 0 Å². The zero-order chi connectivity index (χ0) is 14.7. The smallest absolute Gasteiger partial charge is 0.239 e. The van der Waals surface area contributed by atoms with Crippen LogP contribution in [0.2, 0.25) is 0 Å². The molecule has 0 aliphatic carbocycles. The molecule has 1 heterocycles. The maximum Gasteiger partial charge on any atom is 0.239 e. The Morgan fingerprint density at radius 1 is 1.33 bits per heavy atom. The van der Waals surface area contributed by atoms with Crippen molar-refractivity contribution in [2.45, 2.75) is 32.9 Å². The average molecular weight is 327 g/mol. The lowest BCUT2D eigenvalue weighted by atomic mass is 10.0. The molecule has 1 aromatic heterocycles. The Morgan fingerprint density at radius 3 is 2.67 bits per heavy atom. The quantitative estimate of drug-likeness (QED) is 0.911. The number of rotatable bonds is 5. The van der Waals surface area contributed by atoms with Gasteiger partial charge in [-0.15, -0.1) is 23.7 Å². The van der Waals surface area contributed by atoms with Crippen LogP contribution in [0.4, 0.5) is 0 Å². The predicted molar refractivity (Wildman–Crippen MR) is 93.0 cm³/mol. The van der Waals surface area contributed by atoms with Gasteiger partial charge in [0.2, 0.25) is 5.91 Å². The molecule has 2 rings (SSSR count). The van der Waals surface area contributed by atoms with Gasteiger partial charge in [-0.25, -0.2) is 0 Å². The standard InChI is InChI=1S/C16H22N2OS.ClH/c1-11(2)8-14(17)16(19)18(3)9-12-10-20-15-7-5-4-6-13(12)15;/h4-7,10-11,14H,8-9,17H2,1-3H3;1H/t14-;/m0./s1. The number of carbonyl (C=O) groups is 1. The topological polar surface area (TPSA) is 46.3 Å². The van der Waals surface area contributed by atoms with Crippen LogP contribution in [0.5, 0.6) is 0 Å². The molecule has 0 fully saturated rings. The summed E-state index contributed by atoms with van der Waals surface area (Å²) in [6, 6.07) is 7.88. The Labute approximate surface area is 136 Å². The first-order valence-electron chi connectivity index (χ1n) is 6.94. The fourth-order valence-corrected chi connectivity index (χ4v) is 3.33. The van der Waals surface area contributed by atoms with Crippen LogP contribution in [0.1, 0.15) is 25.8 Å². The molecule has 3 nitrogen and oxygen atoms in total. The molecular weight excluding hydrogens is 304 g/mol. The van der Waals surface area contributed by atoms with Crippen molar-refractivity contribution < 1.29 is 4.79 Å². The summed E-state index contributed by atoms with van der Waals surface area (Å²) < 4.78 is 1.26. The van der Waals surface area contributed by atoms with Crippen LogP contribution in [-0.2, 0) is 11.3 Å². The molecule has 1 atom stereocenters. The normalized spacial score (nSPS) is 12.2. The van der Waals surface area contributed by atoms with E-state index in [4.69, 9.17) is 5.73 Å². The molecule has 0 saturated heterocycles. The van der Waals surface area contributed by atoms with Crippen molar-refractivity contribution in [2.75, 3.05) is 7.05 Å². The summed E-state index contributed by atoms with van der Waals surface area (Å²) in [5.74, 6) is 0.457. The van der Waals surface area contributed by atoms with Gasteiger partial charge in [0.05, 0.1) is 6.04 Å². The largest absolute Gasteiger partial charge is 0.340 e. The van der Waals surface area contributed by atoms with Gasteiger partial charge in [-0.2, -0.15) is 0 Å². The SMILES string of the molecule is CC(C)C[C@H](N)C(=O)N(C)Cc1csc2ccccc12.Cl. The highest BCUT2D eigenvalue weighted by Crippen LogP contribution is 2.26. The highest BCUT2D eigenvalue weighted by molar-refractivity contribution is 7.17. The average Bonchev–Trinajstić information content (AvgIpc) is 2.80. The minimum Gasteiger partial charge on any atom is -0.340 e. The highest BCUT2D eigenvalue weighted by Gasteiger charge is 2.19. The van der Waals surface area contributed by atoms with Crippen molar-refractivity contribution in [3.63, 3.8) is 0 Å². The fourth-order valence-electron chi connectivity index (χ4n) is 2.38. The minimum absolute atomic E-state index is 0. The number of nitrogens with zero attached hydrogens (tertiary/aromatic N) is 1. The van der Waals surface area contributed by atoms with Crippen LogP contribution < -0.4 is 5.73 Å². The van der Waals surface area contributed by atoms with E-state index in [0.29, 0.717) is 12.5 Å². The van der Waals surface area contributed by atoms with E-state index >= 15 is 0 Å². The molecule has 1 aromatic carbocycles. The summed E-state index contributed by atoms with van der Waals surface area (Å²) in [4.78, 5) is 14.0. The number of fused-ring (bicyclic) bond motifs is 1. The number of thiophene rings is 1. The third kappa shape index (κ3) is 4.43. The van der Waals surface area contributed by atoms with E-state index in [9.17, 15) is 4.79 Å². The van der Waals surface area contributed by atoms with Gasteiger partial charge in [-0.05, 0) is 34.7 Å². The first kappa shape index (κ1) is 18.0. The third-order valence-corrected chi connectivity index (χ3v) is 4.40. The van der Waals surface area contributed by atoms with Gasteiger partial charge in [0.25, 0.3) is 0 Å². The Hall–Kier alpha value is -1.10. The molecule has 5 heteroatoms. The molecule has 0 saturated carbocycles. The fraction of sp³-hybridized carbons (Fsp3) is 0.438. The third-order valence-electron chi connectivity index (χ3n) is 3.39. The van der Waals surface area contributed by atoms with E-state index in [1.165, 1.54) is 15.6 Å². The van der Waals surface area contributed by atoms with Crippen LogP contribution in [0.3, 0.4) is 0 Å². The summed E-state index contributed by atoms with van der Waals surface area (Å²) >= 11 is 1.72. The summed E-state index contributed by atoms with van der Waals surface area (Å²) in [7, 11) is 1.83. The molecule has 0 bridgehead atoms. The van der Waals surface area contributed by atoms with Crippen molar-refractivity contribution in [1.82, 2.24) is 4.90 Å². The zero-order valence-corrected chi connectivity index (χ0v) is 14.3. The Bertz CT molecular complexity index is 597. The van der Waals surface area contributed by atoms with E-state index in [0.717, 1.165) is 6.42 Å². The summed E-state index contributed by atoms with van der Waals surface area (Å²) in [5.41, 5.74) is 7.16. The molecule has 0 radical (unpaired) electrons. The first-order chi connectivity index (χ1) is 9.49. The number of amides is 1. The lowest BCUT2D eigenvalue weighted by Crippen LogP contribution is -2.42. The van der Waals surface area contributed by atoms with Gasteiger partial charge in [-0.3, -0.25) is 4.79 Å². The van der Waals surface area contributed by atoms with Crippen molar-refractivity contribution in [3.8, 4) is 0 Å². The van der Waals surface area contributed by atoms with Crippen LogP contribution >= 0.6 is 23.7 Å². The van der Waals surface area contributed by atoms with Gasteiger partial charge in [0, 0.05) is 18.3 Å². The Kier molecular flexibility index (Phi) is 6.65. The summed E-state index contributed by atoms with van der Waals surface area (Å²) in [6.07, 6.45) is 0.730. The summed E-state index contributed by atoms with van der Waals surface area (Å²) in [6.45, 7) is 4.79. The Morgan fingerprint density at radius 2 is 2.00 bits per heavy atom. The van der Waals surface area contributed by atoms with Crippen LogP contribution in [0.15, 0.2) is 29.6 Å². The number of carbonyl (C=O) groups excluding carboxylic acids is 1. The van der Waals surface area contributed by atoms with Crippen LogP contribution in [0.25, 0.3) is 10.1 Å². The molecule has 0 aliphatic heterocycles. The van der Waals surface area contributed by atoms with Gasteiger partial charge in [0.15, 0.2) is 0 Å². The number of hydrogen-bond acceptors (Lipinski definition) is 3. The van der Waals surface area contributed by atoms with Gasteiger partial charge in [-0.1, -0.05) is 32.0 Å². The number of hydrogen-bond donors (Lipinski definition) is 1. The molecule has 0 spiro atoms. The maximum absolute atomic E-state index is 12.2. The van der Waals surface area contributed by atoms with E-state index < -0.39 is 6.04 Å². The highest BCUT2D eigenvalue weighted by atomic mass is 35.5. The van der Waals surface area contributed by atoms with E-state index in [2.05, 4.69) is 31.4 Å². The minimum atomic E-state index is -0.398. The van der Waals surface area contributed by atoms with Crippen molar-refractivity contribution in [3.05, 3.63) is 35.2 Å². The number of likely N-dealkylation sites (N-methyl/N-ethyl adjacent to an activating group) is 1. The lowest BCUT2D eigenvalue weighted by Gasteiger charge is -2.22. The molecule has 21 heavy (non-hydrogen) atoms. The zero-order valence-electron chi connectivity index (χ0n) is 12.7. The van der Waals surface area contributed by atoms with E-state index in [1.54, 1.807) is 16.2 Å². The number of nitrogens with two attached hydrogens (primary N) is 1. The first-order valence-corrected chi connectivity index (χ1v) is 7.82. The second-order valence-electron chi connectivity index (χ2n) is 5.69. The summed E-state index contributed by atoms with van der Waals surface area (Å²) in [5, 5.41) is 3.36. The van der Waals surface area contributed by atoms with Gasteiger partial charge in [0.1, 0.15) is 0 Å². The molecule has 1 amide bonds. The van der Waals surface area contributed by atoms with E-state index in [1.807, 2.05) is 19.2 Å².